The summed E-state index contributed by atoms with van der Waals surface area (Å²) >= 11 is 3.45. The molecule has 2 N–H and O–H groups in total. The van der Waals surface area contributed by atoms with Gasteiger partial charge in [-0.15, -0.1) is 0 Å². The second-order valence-corrected chi connectivity index (χ2v) is 7.48. The van der Waals surface area contributed by atoms with Crippen LogP contribution in [0.1, 0.15) is 45.9 Å². The normalized spacial score (nSPS) is 23.1. The highest BCUT2D eigenvalue weighted by Crippen LogP contribution is 2.31. The molecular weight excluding hydrogens is 318 g/mol. The van der Waals surface area contributed by atoms with Gasteiger partial charge in [-0.1, -0.05) is 27.2 Å². The minimum atomic E-state index is -0.0683. The summed E-state index contributed by atoms with van der Waals surface area (Å²) in [6.45, 7) is 7.50. The lowest BCUT2D eigenvalue weighted by molar-refractivity contribution is 0.199. The van der Waals surface area contributed by atoms with Gasteiger partial charge in [0.25, 0.3) is 0 Å². The van der Waals surface area contributed by atoms with E-state index in [1.807, 2.05) is 6.07 Å². The Hall–Kier alpha value is -0.680. The molecule has 0 spiro atoms. The molecule has 0 saturated heterocycles. The molecule has 1 aromatic rings. The van der Waals surface area contributed by atoms with Crippen LogP contribution in [0.2, 0.25) is 0 Å². The molecular formula is C15H24BrN3O. The molecule has 1 heterocycles. The third kappa shape index (κ3) is 3.92. The molecule has 1 saturated carbocycles. The standard InChI is InChI=1S/C15H24BrN3O/c1-15(2,3)14-18-12(16)7-13(19-14)17-8-10-5-4-6-11(10)9-20/h7,10-11,20H,4-6,8-9H2,1-3H3,(H,17,18,19). The fourth-order valence-electron chi connectivity index (χ4n) is 2.70. The van der Waals surface area contributed by atoms with Gasteiger partial charge in [-0.05, 0) is 40.6 Å². The van der Waals surface area contributed by atoms with Gasteiger partial charge < -0.3 is 10.4 Å². The van der Waals surface area contributed by atoms with Crippen molar-refractivity contribution in [3.05, 3.63) is 16.5 Å². The first-order valence-corrected chi connectivity index (χ1v) is 8.09. The van der Waals surface area contributed by atoms with Crippen molar-refractivity contribution in [2.24, 2.45) is 11.8 Å². The van der Waals surface area contributed by atoms with Crippen LogP contribution in [0.5, 0.6) is 0 Å². The highest BCUT2D eigenvalue weighted by molar-refractivity contribution is 9.10. The fraction of sp³-hybridized carbons (Fsp3) is 0.733. The van der Waals surface area contributed by atoms with Crippen LogP contribution in [0.4, 0.5) is 5.82 Å². The molecule has 0 aliphatic heterocycles. The van der Waals surface area contributed by atoms with Gasteiger partial charge in [-0.25, -0.2) is 9.97 Å². The van der Waals surface area contributed by atoms with E-state index >= 15 is 0 Å². The Kier molecular flexibility index (Phi) is 5.02. The Morgan fingerprint density at radius 3 is 2.65 bits per heavy atom. The summed E-state index contributed by atoms with van der Waals surface area (Å²) in [7, 11) is 0. The Balaban J connectivity index is 2.04. The molecule has 2 unspecified atom stereocenters. The zero-order valence-electron chi connectivity index (χ0n) is 12.5. The van der Waals surface area contributed by atoms with Crippen LogP contribution in [-0.4, -0.2) is 28.2 Å². The lowest BCUT2D eigenvalue weighted by atomic mass is 9.95. The summed E-state index contributed by atoms with van der Waals surface area (Å²) in [5.41, 5.74) is -0.0683. The van der Waals surface area contributed by atoms with E-state index in [1.165, 1.54) is 12.8 Å². The number of aliphatic hydroxyl groups excluding tert-OH is 1. The molecule has 20 heavy (non-hydrogen) atoms. The van der Waals surface area contributed by atoms with E-state index in [4.69, 9.17) is 0 Å². The van der Waals surface area contributed by atoms with Crippen LogP contribution in [-0.2, 0) is 5.41 Å². The average molecular weight is 342 g/mol. The highest BCUT2D eigenvalue weighted by atomic mass is 79.9. The van der Waals surface area contributed by atoms with Crippen LogP contribution in [0.3, 0.4) is 0 Å². The number of halogens is 1. The Morgan fingerprint density at radius 2 is 2.00 bits per heavy atom. The van der Waals surface area contributed by atoms with Crippen LogP contribution >= 0.6 is 15.9 Å². The zero-order valence-corrected chi connectivity index (χ0v) is 14.1. The van der Waals surface area contributed by atoms with Gasteiger partial charge in [0.2, 0.25) is 0 Å². The second-order valence-electron chi connectivity index (χ2n) is 6.66. The summed E-state index contributed by atoms with van der Waals surface area (Å²) in [6.07, 6.45) is 3.55. The van der Waals surface area contributed by atoms with Crippen LogP contribution in [0, 0.1) is 11.8 Å². The smallest absolute Gasteiger partial charge is 0.137 e. The minimum absolute atomic E-state index is 0.0683. The third-order valence-corrected chi connectivity index (χ3v) is 4.37. The van der Waals surface area contributed by atoms with E-state index in [1.54, 1.807) is 0 Å². The van der Waals surface area contributed by atoms with E-state index in [-0.39, 0.29) is 5.41 Å². The van der Waals surface area contributed by atoms with Crippen molar-refractivity contribution in [2.75, 3.05) is 18.5 Å². The van der Waals surface area contributed by atoms with Gasteiger partial charge in [-0.2, -0.15) is 0 Å². The topological polar surface area (TPSA) is 58.0 Å². The van der Waals surface area contributed by atoms with Crippen molar-refractivity contribution in [1.29, 1.82) is 0 Å². The van der Waals surface area contributed by atoms with Gasteiger partial charge >= 0.3 is 0 Å². The third-order valence-electron chi connectivity index (χ3n) is 3.96. The summed E-state index contributed by atoms with van der Waals surface area (Å²) in [5.74, 6) is 2.68. The first-order chi connectivity index (χ1) is 9.40. The Labute approximate surface area is 129 Å². The van der Waals surface area contributed by atoms with Gasteiger partial charge in [0, 0.05) is 24.6 Å². The Bertz CT molecular complexity index is 459. The molecule has 0 amide bonds. The number of nitrogens with one attached hydrogen (secondary N) is 1. The zero-order chi connectivity index (χ0) is 14.8. The predicted octanol–water partition coefficient (Wildman–Crippen LogP) is 3.36. The molecule has 0 bridgehead atoms. The van der Waals surface area contributed by atoms with Gasteiger partial charge in [0.05, 0.1) is 0 Å². The van der Waals surface area contributed by atoms with E-state index in [0.717, 1.165) is 29.2 Å². The lowest BCUT2D eigenvalue weighted by Gasteiger charge is -2.20. The van der Waals surface area contributed by atoms with Crippen molar-refractivity contribution in [3.63, 3.8) is 0 Å². The summed E-state index contributed by atoms with van der Waals surface area (Å²) in [5, 5.41) is 12.8. The second kappa shape index (κ2) is 6.39. The van der Waals surface area contributed by atoms with Gasteiger partial charge in [0.15, 0.2) is 0 Å². The molecule has 2 atom stereocenters. The molecule has 5 heteroatoms. The Morgan fingerprint density at radius 1 is 1.30 bits per heavy atom. The molecule has 4 nitrogen and oxygen atoms in total. The molecule has 2 rings (SSSR count). The van der Waals surface area contributed by atoms with Crippen molar-refractivity contribution >= 4 is 21.7 Å². The molecule has 0 aromatic carbocycles. The maximum atomic E-state index is 9.37. The monoisotopic (exact) mass is 341 g/mol. The van der Waals surface area contributed by atoms with E-state index in [2.05, 4.69) is 52.0 Å². The lowest BCUT2D eigenvalue weighted by Crippen LogP contribution is -2.22. The quantitative estimate of drug-likeness (QED) is 0.824. The highest BCUT2D eigenvalue weighted by Gasteiger charge is 2.26. The number of hydrogen-bond acceptors (Lipinski definition) is 4. The number of rotatable bonds is 4. The maximum absolute atomic E-state index is 9.37. The van der Waals surface area contributed by atoms with Crippen molar-refractivity contribution in [2.45, 2.75) is 45.4 Å². The van der Waals surface area contributed by atoms with Crippen LogP contribution in [0.25, 0.3) is 0 Å². The molecule has 0 radical (unpaired) electrons. The SMILES string of the molecule is CC(C)(C)c1nc(Br)cc(NCC2CCCC2CO)n1. The number of aliphatic hydroxyl groups is 1. The average Bonchev–Trinajstić information content (AvgIpc) is 2.82. The summed E-state index contributed by atoms with van der Waals surface area (Å²) in [4.78, 5) is 9.04. The van der Waals surface area contributed by atoms with E-state index in [0.29, 0.717) is 18.4 Å². The number of aromatic nitrogens is 2. The molecule has 1 aromatic heterocycles. The summed E-state index contributed by atoms with van der Waals surface area (Å²) < 4.78 is 0.810. The van der Waals surface area contributed by atoms with Crippen LogP contribution in [0.15, 0.2) is 10.7 Å². The largest absolute Gasteiger partial charge is 0.396 e. The van der Waals surface area contributed by atoms with Gasteiger partial charge in [-0.3, -0.25) is 0 Å². The van der Waals surface area contributed by atoms with E-state index < -0.39 is 0 Å². The van der Waals surface area contributed by atoms with Crippen molar-refractivity contribution in [1.82, 2.24) is 9.97 Å². The van der Waals surface area contributed by atoms with Crippen LogP contribution < -0.4 is 5.32 Å². The van der Waals surface area contributed by atoms with Crippen molar-refractivity contribution in [3.8, 4) is 0 Å². The minimum Gasteiger partial charge on any atom is -0.396 e. The van der Waals surface area contributed by atoms with Gasteiger partial charge in [0.1, 0.15) is 16.2 Å². The first-order valence-electron chi connectivity index (χ1n) is 7.30. The fourth-order valence-corrected chi connectivity index (χ4v) is 3.09. The number of nitrogens with zero attached hydrogens (tertiary/aromatic N) is 2. The summed E-state index contributed by atoms with van der Waals surface area (Å²) in [6, 6.07) is 1.91. The van der Waals surface area contributed by atoms with Crippen molar-refractivity contribution < 1.29 is 5.11 Å². The maximum Gasteiger partial charge on any atom is 0.137 e. The molecule has 1 aliphatic rings. The first kappa shape index (κ1) is 15.7. The number of anilines is 1. The molecule has 112 valence electrons. The van der Waals surface area contributed by atoms with E-state index in [9.17, 15) is 5.11 Å². The predicted molar refractivity (Wildman–Crippen MR) is 84.8 cm³/mol. The molecule has 1 aliphatic carbocycles. The number of hydrogen-bond donors (Lipinski definition) is 2. The molecule has 1 fully saturated rings.